The minimum absolute atomic E-state index is 0.0342. The predicted octanol–water partition coefficient (Wildman–Crippen LogP) is 2.86. The van der Waals surface area contributed by atoms with Gasteiger partial charge in [-0.3, -0.25) is 9.59 Å². The molecule has 1 aromatic carbocycles. The number of thiophene rings is 1. The van der Waals surface area contributed by atoms with Gasteiger partial charge in [0.15, 0.2) is 0 Å². The molecular weight excluding hydrogens is 312 g/mol. The summed E-state index contributed by atoms with van der Waals surface area (Å²) in [6.45, 7) is 3.68. The lowest BCUT2D eigenvalue weighted by atomic mass is 10.1. The molecule has 1 atom stereocenters. The maximum atomic E-state index is 12.6. The highest BCUT2D eigenvalue weighted by Gasteiger charge is 2.24. The number of rotatable bonds is 3. The summed E-state index contributed by atoms with van der Waals surface area (Å²) in [7, 11) is 0. The zero-order valence-electron chi connectivity index (χ0n) is 12.8. The van der Waals surface area contributed by atoms with Gasteiger partial charge in [0.05, 0.1) is 24.1 Å². The van der Waals surface area contributed by atoms with Gasteiger partial charge in [0.25, 0.3) is 11.8 Å². The van der Waals surface area contributed by atoms with Crippen LogP contribution in [0.15, 0.2) is 41.8 Å². The number of hydrogen-bond donors (Lipinski definition) is 1. The highest BCUT2D eigenvalue weighted by Crippen LogP contribution is 2.18. The summed E-state index contributed by atoms with van der Waals surface area (Å²) >= 11 is 1.38. The molecule has 0 spiro atoms. The van der Waals surface area contributed by atoms with Crippen molar-refractivity contribution in [3.63, 3.8) is 0 Å². The van der Waals surface area contributed by atoms with Crippen LogP contribution >= 0.6 is 11.3 Å². The van der Waals surface area contributed by atoms with E-state index in [2.05, 4.69) is 5.32 Å². The summed E-state index contributed by atoms with van der Waals surface area (Å²) in [5.41, 5.74) is 1.19. The highest BCUT2D eigenvalue weighted by atomic mass is 32.1. The first-order valence-electron chi connectivity index (χ1n) is 7.49. The fourth-order valence-corrected chi connectivity index (χ4v) is 3.14. The molecule has 1 fully saturated rings. The van der Waals surface area contributed by atoms with Gasteiger partial charge >= 0.3 is 0 Å². The van der Waals surface area contributed by atoms with E-state index in [4.69, 9.17) is 4.74 Å². The fraction of sp³-hybridized carbons (Fsp3) is 0.294. The second kappa shape index (κ2) is 6.93. The van der Waals surface area contributed by atoms with E-state index in [1.165, 1.54) is 11.3 Å². The highest BCUT2D eigenvalue weighted by molar-refractivity contribution is 7.12. The number of benzene rings is 1. The van der Waals surface area contributed by atoms with E-state index in [9.17, 15) is 9.59 Å². The van der Waals surface area contributed by atoms with E-state index in [1.54, 1.807) is 30.3 Å². The van der Waals surface area contributed by atoms with Crippen LogP contribution in [0, 0.1) is 0 Å². The standard InChI is InChI=1S/C17H18N2O3S/c1-12-11-22-8-7-19(12)17(21)13-4-2-5-14(10-13)18-16(20)15-6-3-9-23-15/h2-6,9-10,12H,7-8,11H2,1H3,(H,18,20). The Morgan fingerprint density at radius 1 is 1.30 bits per heavy atom. The Balaban J connectivity index is 1.74. The molecule has 6 heteroatoms. The maximum absolute atomic E-state index is 12.6. The molecule has 3 rings (SSSR count). The average Bonchev–Trinajstić information content (AvgIpc) is 3.09. The summed E-state index contributed by atoms with van der Waals surface area (Å²) in [5, 5.41) is 4.69. The van der Waals surface area contributed by atoms with E-state index in [-0.39, 0.29) is 17.9 Å². The predicted molar refractivity (Wildman–Crippen MR) is 90.0 cm³/mol. The van der Waals surface area contributed by atoms with E-state index < -0.39 is 0 Å². The van der Waals surface area contributed by atoms with Crippen molar-refractivity contribution in [2.45, 2.75) is 13.0 Å². The van der Waals surface area contributed by atoms with Crippen LogP contribution in [0.4, 0.5) is 5.69 Å². The molecular formula is C17H18N2O3S. The number of nitrogens with zero attached hydrogens (tertiary/aromatic N) is 1. The van der Waals surface area contributed by atoms with Gasteiger partial charge in [-0.15, -0.1) is 11.3 Å². The molecule has 0 saturated carbocycles. The molecule has 0 bridgehead atoms. The van der Waals surface area contributed by atoms with E-state index in [0.717, 1.165) is 0 Å². The topological polar surface area (TPSA) is 58.6 Å². The van der Waals surface area contributed by atoms with Gasteiger partial charge in [-0.25, -0.2) is 0 Å². The average molecular weight is 330 g/mol. The third-order valence-electron chi connectivity index (χ3n) is 3.74. The number of anilines is 1. The first kappa shape index (κ1) is 15.7. The Hall–Kier alpha value is -2.18. The maximum Gasteiger partial charge on any atom is 0.265 e. The molecule has 1 aliphatic rings. The van der Waals surface area contributed by atoms with Gasteiger partial charge in [-0.2, -0.15) is 0 Å². The minimum Gasteiger partial charge on any atom is -0.377 e. The van der Waals surface area contributed by atoms with Crippen LogP contribution in [0.25, 0.3) is 0 Å². The number of hydrogen-bond acceptors (Lipinski definition) is 4. The molecule has 2 aromatic rings. The Morgan fingerprint density at radius 3 is 2.91 bits per heavy atom. The Labute approximate surface area is 138 Å². The smallest absolute Gasteiger partial charge is 0.265 e. The van der Waals surface area contributed by atoms with Crippen molar-refractivity contribution in [3.8, 4) is 0 Å². The first-order valence-corrected chi connectivity index (χ1v) is 8.37. The largest absolute Gasteiger partial charge is 0.377 e. The lowest BCUT2D eigenvalue weighted by Crippen LogP contribution is -2.47. The van der Waals surface area contributed by atoms with Crippen molar-refractivity contribution in [2.75, 3.05) is 25.1 Å². The van der Waals surface area contributed by atoms with Crippen LogP contribution in [-0.4, -0.2) is 42.5 Å². The molecule has 120 valence electrons. The second-order valence-corrected chi connectivity index (χ2v) is 6.38. The van der Waals surface area contributed by atoms with Crippen molar-refractivity contribution in [3.05, 3.63) is 52.2 Å². The lowest BCUT2D eigenvalue weighted by Gasteiger charge is -2.33. The van der Waals surface area contributed by atoms with Gasteiger partial charge in [-0.1, -0.05) is 12.1 Å². The normalized spacial score (nSPS) is 17.8. The van der Waals surface area contributed by atoms with Gasteiger partial charge in [0, 0.05) is 17.8 Å². The summed E-state index contributed by atoms with van der Waals surface area (Å²) < 4.78 is 5.37. The van der Waals surface area contributed by atoms with Crippen molar-refractivity contribution >= 4 is 28.8 Å². The summed E-state index contributed by atoms with van der Waals surface area (Å²) in [4.78, 5) is 27.2. The summed E-state index contributed by atoms with van der Waals surface area (Å²) in [5.74, 6) is -0.197. The number of carbonyl (C=O) groups excluding carboxylic acids is 2. The third-order valence-corrected chi connectivity index (χ3v) is 4.61. The van der Waals surface area contributed by atoms with Crippen LogP contribution in [0.2, 0.25) is 0 Å². The second-order valence-electron chi connectivity index (χ2n) is 5.43. The van der Waals surface area contributed by atoms with Gasteiger partial charge < -0.3 is 15.0 Å². The van der Waals surface area contributed by atoms with E-state index in [0.29, 0.717) is 35.9 Å². The zero-order valence-corrected chi connectivity index (χ0v) is 13.6. The molecule has 23 heavy (non-hydrogen) atoms. The Bertz CT molecular complexity index is 700. The molecule has 2 amide bonds. The van der Waals surface area contributed by atoms with Gasteiger partial charge in [0.2, 0.25) is 0 Å². The molecule has 1 N–H and O–H groups in total. The molecule has 0 aliphatic carbocycles. The SMILES string of the molecule is CC1COCCN1C(=O)c1cccc(NC(=O)c2cccs2)c1. The molecule has 2 heterocycles. The van der Waals surface area contributed by atoms with Gasteiger partial charge in [0.1, 0.15) is 0 Å². The van der Waals surface area contributed by atoms with Crippen molar-refractivity contribution in [1.82, 2.24) is 4.90 Å². The number of carbonyl (C=O) groups is 2. The monoisotopic (exact) mass is 330 g/mol. The van der Waals surface area contributed by atoms with Crippen LogP contribution < -0.4 is 5.32 Å². The van der Waals surface area contributed by atoms with E-state index in [1.807, 2.05) is 23.3 Å². The Morgan fingerprint density at radius 2 is 2.17 bits per heavy atom. The van der Waals surface area contributed by atoms with Crippen LogP contribution in [0.1, 0.15) is 27.0 Å². The fourth-order valence-electron chi connectivity index (χ4n) is 2.53. The molecule has 1 saturated heterocycles. The van der Waals surface area contributed by atoms with Gasteiger partial charge in [-0.05, 0) is 36.6 Å². The minimum atomic E-state index is -0.163. The number of ether oxygens (including phenoxy) is 1. The van der Waals surface area contributed by atoms with Crippen molar-refractivity contribution in [1.29, 1.82) is 0 Å². The molecule has 1 aromatic heterocycles. The summed E-state index contributed by atoms with van der Waals surface area (Å²) in [6.07, 6.45) is 0. The third kappa shape index (κ3) is 3.60. The molecule has 1 aliphatic heterocycles. The number of nitrogens with one attached hydrogen (secondary N) is 1. The number of morpholine rings is 1. The lowest BCUT2D eigenvalue weighted by molar-refractivity contribution is 0.00359. The zero-order chi connectivity index (χ0) is 16.2. The van der Waals surface area contributed by atoms with Crippen molar-refractivity contribution < 1.29 is 14.3 Å². The first-order chi connectivity index (χ1) is 11.1. The van der Waals surface area contributed by atoms with Crippen molar-refractivity contribution in [2.24, 2.45) is 0 Å². The van der Waals surface area contributed by atoms with Crippen LogP contribution in [-0.2, 0) is 4.74 Å². The molecule has 1 unspecified atom stereocenters. The molecule has 0 radical (unpaired) electrons. The van der Waals surface area contributed by atoms with E-state index >= 15 is 0 Å². The Kier molecular flexibility index (Phi) is 4.73. The quantitative estimate of drug-likeness (QED) is 0.941. The molecule has 5 nitrogen and oxygen atoms in total. The van der Waals surface area contributed by atoms with Crippen LogP contribution in [0.3, 0.4) is 0 Å². The van der Waals surface area contributed by atoms with Crippen LogP contribution in [0.5, 0.6) is 0 Å². The number of amides is 2. The summed E-state index contributed by atoms with van der Waals surface area (Å²) in [6, 6.07) is 10.7.